The number of benzene rings is 1. The molecule has 1 saturated heterocycles. The molecule has 29 heavy (non-hydrogen) atoms. The third kappa shape index (κ3) is 4.85. The van der Waals surface area contributed by atoms with E-state index >= 15 is 0 Å². The van der Waals surface area contributed by atoms with Crippen molar-refractivity contribution in [3.05, 3.63) is 41.6 Å². The molecule has 0 spiro atoms. The summed E-state index contributed by atoms with van der Waals surface area (Å²) in [7, 11) is 0. The lowest BCUT2D eigenvalue weighted by Crippen LogP contribution is -2.49. The van der Waals surface area contributed by atoms with Gasteiger partial charge in [-0.25, -0.2) is 0 Å². The lowest BCUT2D eigenvalue weighted by Gasteiger charge is -2.31. The van der Waals surface area contributed by atoms with E-state index in [0.717, 1.165) is 11.3 Å². The Hall–Kier alpha value is -2.67. The van der Waals surface area contributed by atoms with Gasteiger partial charge in [-0.05, 0) is 25.0 Å². The van der Waals surface area contributed by atoms with Crippen molar-refractivity contribution in [1.29, 1.82) is 0 Å². The second-order valence-electron chi connectivity index (χ2n) is 7.82. The summed E-state index contributed by atoms with van der Waals surface area (Å²) < 4.78 is 5.54. The standard InChI is InChI=1S/C22H29N3O4/c1-14(2)20(26)9-11-29-12-10-23-18-6-4-5-16-17(18)13-25(22(16)28)19-8-7-15(3)24-21(19)27/h4-6,14,19,23H,3,7-13H2,1-2H3,(H,24,27). The van der Waals surface area contributed by atoms with Gasteiger partial charge in [0.2, 0.25) is 5.91 Å². The Bertz CT molecular complexity index is 818. The first-order valence-corrected chi connectivity index (χ1v) is 10.1. The maximum Gasteiger partial charge on any atom is 0.255 e. The van der Waals surface area contributed by atoms with Gasteiger partial charge in [0.1, 0.15) is 11.8 Å². The third-order valence-corrected chi connectivity index (χ3v) is 5.39. The van der Waals surface area contributed by atoms with E-state index in [9.17, 15) is 14.4 Å². The van der Waals surface area contributed by atoms with Crippen molar-refractivity contribution in [2.45, 2.75) is 45.7 Å². The molecule has 1 atom stereocenters. The van der Waals surface area contributed by atoms with Crippen LogP contribution in [0.4, 0.5) is 5.69 Å². The van der Waals surface area contributed by atoms with Gasteiger partial charge in [-0.3, -0.25) is 14.4 Å². The number of carbonyl (C=O) groups excluding carboxylic acids is 3. The Morgan fingerprint density at radius 3 is 2.86 bits per heavy atom. The van der Waals surface area contributed by atoms with Crippen LogP contribution in [0.1, 0.15) is 49.0 Å². The second-order valence-corrected chi connectivity index (χ2v) is 7.82. The highest BCUT2D eigenvalue weighted by atomic mass is 16.5. The second kappa shape index (κ2) is 9.22. The van der Waals surface area contributed by atoms with E-state index < -0.39 is 6.04 Å². The van der Waals surface area contributed by atoms with Crippen LogP contribution >= 0.6 is 0 Å². The number of Topliss-reactive ketones (excluding diaryl/α,β-unsaturated/α-hetero) is 1. The van der Waals surface area contributed by atoms with Gasteiger partial charge >= 0.3 is 0 Å². The molecular formula is C22H29N3O4. The molecule has 0 bridgehead atoms. The average Bonchev–Trinajstić information content (AvgIpc) is 3.01. The molecule has 1 unspecified atom stereocenters. The Balaban J connectivity index is 1.54. The molecule has 0 saturated carbocycles. The summed E-state index contributed by atoms with van der Waals surface area (Å²) in [5.41, 5.74) is 3.12. The van der Waals surface area contributed by atoms with Crippen LogP contribution < -0.4 is 10.6 Å². The van der Waals surface area contributed by atoms with E-state index in [2.05, 4.69) is 17.2 Å². The Kier molecular flexibility index (Phi) is 6.69. The van der Waals surface area contributed by atoms with Crippen molar-refractivity contribution in [3.8, 4) is 0 Å². The fourth-order valence-electron chi connectivity index (χ4n) is 3.65. The SMILES string of the molecule is C=C1CCC(N2Cc3c(NCCOCCC(=O)C(C)C)cccc3C2=O)C(=O)N1. The Morgan fingerprint density at radius 2 is 2.14 bits per heavy atom. The van der Waals surface area contributed by atoms with Crippen molar-refractivity contribution < 1.29 is 19.1 Å². The van der Waals surface area contributed by atoms with Crippen LogP contribution in [0, 0.1) is 5.92 Å². The Morgan fingerprint density at radius 1 is 1.34 bits per heavy atom. The predicted octanol–water partition coefficient (Wildman–Crippen LogP) is 2.48. The molecule has 2 aliphatic heterocycles. The van der Waals surface area contributed by atoms with Crippen LogP contribution in [0.3, 0.4) is 0 Å². The number of allylic oxidation sites excluding steroid dienone is 1. The van der Waals surface area contributed by atoms with Crippen molar-refractivity contribution in [2.24, 2.45) is 5.92 Å². The maximum atomic E-state index is 12.8. The normalized spacial score (nSPS) is 18.8. The topological polar surface area (TPSA) is 87.7 Å². The largest absolute Gasteiger partial charge is 0.382 e. The summed E-state index contributed by atoms with van der Waals surface area (Å²) in [5, 5.41) is 6.07. The van der Waals surface area contributed by atoms with Gasteiger partial charge in [0, 0.05) is 47.9 Å². The summed E-state index contributed by atoms with van der Waals surface area (Å²) in [6.07, 6.45) is 1.70. The van der Waals surface area contributed by atoms with Crippen LogP contribution in [-0.2, 0) is 20.9 Å². The van der Waals surface area contributed by atoms with E-state index in [4.69, 9.17) is 4.74 Å². The van der Waals surface area contributed by atoms with Gasteiger partial charge in [-0.1, -0.05) is 26.5 Å². The smallest absolute Gasteiger partial charge is 0.255 e. The molecule has 7 nitrogen and oxygen atoms in total. The third-order valence-electron chi connectivity index (χ3n) is 5.39. The van der Waals surface area contributed by atoms with Gasteiger partial charge in [0.15, 0.2) is 0 Å². The minimum Gasteiger partial charge on any atom is -0.382 e. The molecular weight excluding hydrogens is 370 g/mol. The first-order chi connectivity index (χ1) is 13.9. The van der Waals surface area contributed by atoms with E-state index in [0.29, 0.717) is 56.8 Å². The number of ketones is 1. The number of amides is 2. The minimum absolute atomic E-state index is 0.0356. The Labute approximate surface area is 171 Å². The number of nitrogens with zero attached hydrogens (tertiary/aromatic N) is 1. The van der Waals surface area contributed by atoms with Gasteiger partial charge in [0.05, 0.1) is 13.2 Å². The van der Waals surface area contributed by atoms with Gasteiger partial charge in [-0.15, -0.1) is 0 Å². The van der Waals surface area contributed by atoms with Crippen LogP contribution in [0.2, 0.25) is 0 Å². The highest BCUT2D eigenvalue weighted by molar-refractivity contribution is 6.02. The summed E-state index contributed by atoms with van der Waals surface area (Å²) in [5.74, 6) is -0.0396. The van der Waals surface area contributed by atoms with Crippen molar-refractivity contribution in [3.63, 3.8) is 0 Å². The highest BCUT2D eigenvalue weighted by Crippen LogP contribution is 2.32. The number of anilines is 1. The fourth-order valence-corrected chi connectivity index (χ4v) is 3.65. The first-order valence-electron chi connectivity index (χ1n) is 10.1. The number of carbonyl (C=O) groups is 3. The van der Waals surface area contributed by atoms with Crippen molar-refractivity contribution in [1.82, 2.24) is 10.2 Å². The van der Waals surface area contributed by atoms with Gasteiger partial charge in [-0.2, -0.15) is 0 Å². The highest BCUT2D eigenvalue weighted by Gasteiger charge is 2.38. The number of hydrogen-bond acceptors (Lipinski definition) is 5. The molecule has 2 N–H and O–H groups in total. The maximum absolute atomic E-state index is 12.8. The predicted molar refractivity (Wildman–Crippen MR) is 110 cm³/mol. The summed E-state index contributed by atoms with van der Waals surface area (Å²) in [6.45, 7) is 9.44. The zero-order chi connectivity index (χ0) is 21.0. The van der Waals surface area contributed by atoms with Gasteiger partial charge < -0.3 is 20.3 Å². The number of piperidine rings is 1. The quantitative estimate of drug-likeness (QED) is 0.623. The lowest BCUT2D eigenvalue weighted by molar-refractivity contribution is -0.126. The number of rotatable bonds is 9. The number of fused-ring (bicyclic) bond motifs is 1. The first kappa shape index (κ1) is 21.0. The lowest BCUT2D eigenvalue weighted by atomic mass is 10.0. The van der Waals surface area contributed by atoms with E-state index in [1.807, 2.05) is 26.0 Å². The molecule has 2 aliphatic rings. The molecule has 2 heterocycles. The summed E-state index contributed by atoms with van der Waals surface area (Å²) in [6, 6.07) is 5.11. The van der Waals surface area contributed by atoms with E-state index in [1.165, 1.54) is 0 Å². The van der Waals surface area contributed by atoms with Crippen LogP contribution in [0.5, 0.6) is 0 Å². The monoisotopic (exact) mass is 399 g/mol. The fraction of sp³-hybridized carbons (Fsp3) is 0.500. The number of hydrogen-bond donors (Lipinski definition) is 2. The molecule has 0 radical (unpaired) electrons. The zero-order valence-electron chi connectivity index (χ0n) is 17.1. The van der Waals surface area contributed by atoms with Gasteiger partial charge in [0.25, 0.3) is 5.91 Å². The molecule has 0 aliphatic carbocycles. The molecule has 7 heteroatoms. The molecule has 3 rings (SSSR count). The van der Waals surface area contributed by atoms with E-state index in [-0.39, 0.29) is 23.5 Å². The molecule has 156 valence electrons. The summed E-state index contributed by atoms with van der Waals surface area (Å²) in [4.78, 5) is 38.4. The number of ether oxygens (including phenoxy) is 1. The van der Waals surface area contributed by atoms with Crippen molar-refractivity contribution in [2.75, 3.05) is 25.1 Å². The van der Waals surface area contributed by atoms with Crippen LogP contribution in [-0.4, -0.2) is 48.3 Å². The zero-order valence-corrected chi connectivity index (χ0v) is 17.1. The van der Waals surface area contributed by atoms with Crippen LogP contribution in [0.15, 0.2) is 30.5 Å². The molecule has 1 aromatic rings. The molecule has 2 amide bonds. The summed E-state index contributed by atoms with van der Waals surface area (Å²) >= 11 is 0. The van der Waals surface area contributed by atoms with E-state index in [1.54, 1.807) is 11.0 Å². The molecule has 1 aromatic carbocycles. The molecule has 0 aromatic heterocycles. The average molecular weight is 399 g/mol. The van der Waals surface area contributed by atoms with Crippen LogP contribution in [0.25, 0.3) is 0 Å². The molecule has 1 fully saturated rings. The number of nitrogens with one attached hydrogen (secondary N) is 2. The minimum atomic E-state index is -0.463. The van der Waals surface area contributed by atoms with Crippen molar-refractivity contribution >= 4 is 23.3 Å².